The molecule has 8 heteroatoms. The predicted octanol–water partition coefficient (Wildman–Crippen LogP) is 2.44. The lowest BCUT2D eigenvalue weighted by molar-refractivity contribution is -0.143. The predicted molar refractivity (Wildman–Crippen MR) is 98.6 cm³/mol. The minimum atomic E-state index is -0.905. The van der Waals surface area contributed by atoms with Crippen molar-refractivity contribution < 1.29 is 28.6 Å². The fourth-order valence-corrected chi connectivity index (χ4v) is 2.47. The Balaban J connectivity index is 1.95. The van der Waals surface area contributed by atoms with Gasteiger partial charge in [0.2, 0.25) is 0 Å². The molecule has 1 atom stereocenters. The molecule has 0 saturated carbocycles. The van der Waals surface area contributed by atoms with E-state index in [0.29, 0.717) is 32.0 Å². The SMILES string of the molecule is CC(OC(=O)c1cccc(NC(=O)OC(C)(C)C)c1)C(=O)N1CCOCC1. The van der Waals surface area contributed by atoms with Crippen LogP contribution in [0.5, 0.6) is 0 Å². The molecule has 2 rings (SSSR count). The average molecular weight is 378 g/mol. The van der Waals surface area contributed by atoms with Crippen LogP contribution in [0.15, 0.2) is 24.3 Å². The molecule has 0 radical (unpaired) electrons. The highest BCUT2D eigenvalue weighted by Crippen LogP contribution is 2.15. The number of benzene rings is 1. The van der Waals surface area contributed by atoms with Gasteiger partial charge < -0.3 is 19.1 Å². The van der Waals surface area contributed by atoms with Crippen LogP contribution < -0.4 is 5.32 Å². The van der Waals surface area contributed by atoms with Crippen molar-refractivity contribution in [2.45, 2.75) is 39.4 Å². The summed E-state index contributed by atoms with van der Waals surface area (Å²) in [4.78, 5) is 38.1. The minimum absolute atomic E-state index is 0.227. The largest absolute Gasteiger partial charge is 0.449 e. The van der Waals surface area contributed by atoms with Crippen LogP contribution in [0.4, 0.5) is 10.5 Å². The minimum Gasteiger partial charge on any atom is -0.449 e. The number of morpholine rings is 1. The second-order valence-corrected chi connectivity index (χ2v) is 7.19. The van der Waals surface area contributed by atoms with Crippen molar-refractivity contribution in [3.05, 3.63) is 29.8 Å². The lowest BCUT2D eigenvalue weighted by Gasteiger charge is -2.29. The first-order chi connectivity index (χ1) is 12.7. The Morgan fingerprint density at radius 1 is 1.19 bits per heavy atom. The van der Waals surface area contributed by atoms with Crippen LogP contribution in [0, 0.1) is 0 Å². The Bertz CT molecular complexity index is 692. The molecule has 1 aliphatic rings. The van der Waals surface area contributed by atoms with Crippen LogP contribution >= 0.6 is 0 Å². The van der Waals surface area contributed by atoms with Gasteiger partial charge in [0, 0.05) is 18.8 Å². The quantitative estimate of drug-likeness (QED) is 0.809. The van der Waals surface area contributed by atoms with Crippen LogP contribution in [0.1, 0.15) is 38.1 Å². The Morgan fingerprint density at radius 2 is 1.85 bits per heavy atom. The van der Waals surface area contributed by atoms with Gasteiger partial charge in [0.1, 0.15) is 5.60 Å². The third kappa shape index (κ3) is 6.56. The molecule has 1 heterocycles. The van der Waals surface area contributed by atoms with Crippen LogP contribution in [0.25, 0.3) is 0 Å². The second-order valence-electron chi connectivity index (χ2n) is 7.19. The van der Waals surface area contributed by atoms with E-state index in [1.165, 1.54) is 6.07 Å². The summed E-state index contributed by atoms with van der Waals surface area (Å²) in [5.41, 5.74) is -0.00772. The fraction of sp³-hybridized carbons (Fsp3) is 0.526. The summed E-state index contributed by atoms with van der Waals surface area (Å²) in [5.74, 6) is -0.897. The summed E-state index contributed by atoms with van der Waals surface area (Å²) in [5, 5.41) is 2.56. The molecular weight excluding hydrogens is 352 g/mol. The molecule has 1 N–H and O–H groups in total. The zero-order valence-electron chi connectivity index (χ0n) is 16.1. The van der Waals surface area contributed by atoms with Crippen molar-refractivity contribution in [3.8, 4) is 0 Å². The third-order valence-electron chi connectivity index (χ3n) is 3.70. The van der Waals surface area contributed by atoms with Gasteiger partial charge in [0.05, 0.1) is 18.8 Å². The third-order valence-corrected chi connectivity index (χ3v) is 3.70. The monoisotopic (exact) mass is 378 g/mol. The summed E-state index contributed by atoms with van der Waals surface area (Å²) in [6.45, 7) is 8.73. The van der Waals surface area contributed by atoms with E-state index in [1.54, 1.807) is 50.8 Å². The van der Waals surface area contributed by atoms with Gasteiger partial charge in [-0.1, -0.05) is 6.07 Å². The Labute approximate surface area is 158 Å². The molecule has 148 valence electrons. The highest BCUT2D eigenvalue weighted by atomic mass is 16.6. The lowest BCUT2D eigenvalue weighted by atomic mass is 10.2. The normalized spacial score (nSPS) is 15.6. The van der Waals surface area contributed by atoms with E-state index in [0.717, 1.165) is 0 Å². The molecule has 1 aromatic rings. The maximum atomic E-state index is 12.3. The second kappa shape index (κ2) is 8.85. The molecule has 1 unspecified atom stereocenters. The van der Waals surface area contributed by atoms with E-state index in [4.69, 9.17) is 14.2 Å². The summed E-state index contributed by atoms with van der Waals surface area (Å²) in [7, 11) is 0. The lowest BCUT2D eigenvalue weighted by Crippen LogP contribution is -2.46. The van der Waals surface area contributed by atoms with Gasteiger partial charge in [-0.3, -0.25) is 10.1 Å². The first-order valence-corrected chi connectivity index (χ1v) is 8.83. The first kappa shape index (κ1) is 20.7. The number of hydrogen-bond acceptors (Lipinski definition) is 6. The molecule has 27 heavy (non-hydrogen) atoms. The van der Waals surface area contributed by atoms with Crippen molar-refractivity contribution in [1.29, 1.82) is 0 Å². The van der Waals surface area contributed by atoms with Crippen molar-refractivity contribution in [2.24, 2.45) is 0 Å². The molecule has 0 bridgehead atoms. The van der Waals surface area contributed by atoms with E-state index in [2.05, 4.69) is 5.32 Å². The van der Waals surface area contributed by atoms with Gasteiger partial charge in [-0.2, -0.15) is 0 Å². The number of hydrogen-bond donors (Lipinski definition) is 1. The maximum Gasteiger partial charge on any atom is 0.412 e. The average Bonchev–Trinajstić information content (AvgIpc) is 2.60. The van der Waals surface area contributed by atoms with Gasteiger partial charge in [0.15, 0.2) is 6.10 Å². The number of esters is 1. The van der Waals surface area contributed by atoms with E-state index in [9.17, 15) is 14.4 Å². The van der Waals surface area contributed by atoms with Gasteiger partial charge >= 0.3 is 12.1 Å². The summed E-state index contributed by atoms with van der Waals surface area (Å²) < 4.78 is 15.7. The number of nitrogens with zero attached hydrogens (tertiary/aromatic N) is 1. The zero-order valence-corrected chi connectivity index (χ0v) is 16.1. The van der Waals surface area contributed by atoms with Crippen LogP contribution in [0.3, 0.4) is 0 Å². The van der Waals surface area contributed by atoms with Crippen LogP contribution in [-0.4, -0.2) is 60.9 Å². The molecule has 1 aromatic carbocycles. The number of ether oxygens (including phenoxy) is 3. The van der Waals surface area contributed by atoms with Crippen molar-refractivity contribution in [3.63, 3.8) is 0 Å². The molecule has 1 fully saturated rings. The van der Waals surface area contributed by atoms with Crippen molar-refractivity contribution in [1.82, 2.24) is 4.90 Å². The Hall–Kier alpha value is -2.61. The Morgan fingerprint density at radius 3 is 2.48 bits per heavy atom. The van der Waals surface area contributed by atoms with Crippen molar-refractivity contribution in [2.75, 3.05) is 31.6 Å². The summed E-state index contributed by atoms with van der Waals surface area (Å²) in [6.07, 6.45) is -1.53. The molecule has 8 nitrogen and oxygen atoms in total. The highest BCUT2D eigenvalue weighted by molar-refractivity contribution is 5.94. The van der Waals surface area contributed by atoms with E-state index in [-0.39, 0.29) is 11.5 Å². The van der Waals surface area contributed by atoms with Crippen LogP contribution in [0.2, 0.25) is 0 Å². The topological polar surface area (TPSA) is 94.2 Å². The number of carbonyl (C=O) groups excluding carboxylic acids is 3. The van der Waals surface area contributed by atoms with Gasteiger partial charge in [0.25, 0.3) is 5.91 Å². The molecule has 0 spiro atoms. The molecule has 2 amide bonds. The summed E-state index contributed by atoms with van der Waals surface area (Å²) >= 11 is 0. The molecular formula is C19H26N2O6. The van der Waals surface area contributed by atoms with Crippen LogP contribution in [-0.2, 0) is 19.0 Å². The zero-order chi connectivity index (χ0) is 20.0. The number of carbonyl (C=O) groups is 3. The standard InChI is InChI=1S/C19H26N2O6/c1-13(16(22)21-8-10-25-11-9-21)26-17(23)14-6-5-7-15(12-14)20-18(24)27-19(2,3)4/h5-7,12-13H,8-11H2,1-4H3,(H,20,24). The van der Waals surface area contributed by atoms with Gasteiger partial charge in [-0.05, 0) is 45.9 Å². The fourth-order valence-electron chi connectivity index (χ4n) is 2.47. The highest BCUT2D eigenvalue weighted by Gasteiger charge is 2.26. The number of amides is 2. The van der Waals surface area contributed by atoms with Crippen molar-refractivity contribution >= 4 is 23.7 Å². The van der Waals surface area contributed by atoms with E-state index < -0.39 is 23.8 Å². The molecule has 1 saturated heterocycles. The molecule has 1 aliphatic heterocycles. The van der Waals surface area contributed by atoms with Gasteiger partial charge in [-0.25, -0.2) is 9.59 Å². The Kier molecular flexibility index (Phi) is 6.79. The first-order valence-electron chi connectivity index (χ1n) is 8.83. The van der Waals surface area contributed by atoms with E-state index >= 15 is 0 Å². The number of rotatable bonds is 4. The summed E-state index contributed by atoms with van der Waals surface area (Å²) in [6, 6.07) is 6.26. The number of anilines is 1. The molecule has 0 aliphatic carbocycles. The maximum absolute atomic E-state index is 12.3. The number of nitrogens with one attached hydrogen (secondary N) is 1. The van der Waals surface area contributed by atoms with Gasteiger partial charge in [-0.15, -0.1) is 0 Å². The van der Waals surface area contributed by atoms with E-state index in [1.807, 2.05) is 0 Å². The molecule has 0 aromatic heterocycles. The smallest absolute Gasteiger partial charge is 0.412 e.